The fourth-order valence-corrected chi connectivity index (χ4v) is 2.62. The van der Waals surface area contributed by atoms with Crippen molar-refractivity contribution in [2.45, 2.75) is 19.1 Å². The molecule has 1 aliphatic heterocycles. The standard InChI is InChI=1S/C12H14FIN2O4/c1-7-6-20-8(5-17)4-15(7)11-2-9(13)10(14)3-12(11)16(18)19/h2-3,7-8,17H,4-6H2,1H3. The zero-order chi connectivity index (χ0) is 14.9. The highest BCUT2D eigenvalue weighted by atomic mass is 127. The van der Waals surface area contributed by atoms with Gasteiger partial charge in [0.25, 0.3) is 5.69 Å². The Kier molecular flexibility index (Phi) is 4.76. The lowest BCUT2D eigenvalue weighted by molar-refractivity contribution is -0.384. The Morgan fingerprint density at radius 1 is 1.65 bits per heavy atom. The number of morpholine rings is 1. The van der Waals surface area contributed by atoms with Crippen LogP contribution in [0.4, 0.5) is 15.8 Å². The minimum atomic E-state index is -0.521. The van der Waals surface area contributed by atoms with Crippen molar-refractivity contribution in [1.82, 2.24) is 0 Å². The van der Waals surface area contributed by atoms with E-state index in [-0.39, 0.29) is 27.6 Å². The summed E-state index contributed by atoms with van der Waals surface area (Å²) in [6, 6.07) is 2.27. The zero-order valence-electron chi connectivity index (χ0n) is 10.8. The predicted octanol–water partition coefficient (Wildman–Crippen LogP) is 1.92. The summed E-state index contributed by atoms with van der Waals surface area (Å²) in [6.07, 6.45) is -0.423. The highest BCUT2D eigenvalue weighted by Gasteiger charge is 2.31. The first-order chi connectivity index (χ1) is 9.43. The summed E-state index contributed by atoms with van der Waals surface area (Å²) in [5, 5.41) is 20.3. The van der Waals surface area contributed by atoms with E-state index in [4.69, 9.17) is 9.84 Å². The number of rotatable bonds is 3. The molecule has 110 valence electrons. The van der Waals surface area contributed by atoms with Gasteiger partial charge in [0.2, 0.25) is 0 Å². The van der Waals surface area contributed by atoms with Crippen LogP contribution in [0.5, 0.6) is 0 Å². The minimum Gasteiger partial charge on any atom is -0.394 e. The third-order valence-electron chi connectivity index (χ3n) is 3.23. The lowest BCUT2D eigenvalue weighted by atomic mass is 10.1. The van der Waals surface area contributed by atoms with E-state index >= 15 is 0 Å². The summed E-state index contributed by atoms with van der Waals surface area (Å²) in [6.45, 7) is 2.28. The Morgan fingerprint density at radius 3 is 2.95 bits per heavy atom. The van der Waals surface area contributed by atoms with E-state index in [9.17, 15) is 14.5 Å². The molecule has 0 amide bonds. The molecular weight excluding hydrogens is 382 g/mol. The van der Waals surface area contributed by atoms with E-state index in [1.165, 1.54) is 12.1 Å². The van der Waals surface area contributed by atoms with Crippen molar-refractivity contribution >= 4 is 34.0 Å². The summed E-state index contributed by atoms with van der Waals surface area (Å²) in [5.41, 5.74) is 0.0865. The van der Waals surface area contributed by atoms with Gasteiger partial charge in [0.15, 0.2) is 0 Å². The highest BCUT2D eigenvalue weighted by molar-refractivity contribution is 14.1. The van der Waals surface area contributed by atoms with Crippen LogP contribution in [0.1, 0.15) is 6.92 Å². The molecule has 1 fully saturated rings. The van der Waals surface area contributed by atoms with Gasteiger partial charge in [0.05, 0.1) is 27.8 Å². The Bertz CT molecular complexity index is 528. The van der Waals surface area contributed by atoms with Gasteiger partial charge in [-0.1, -0.05) is 0 Å². The van der Waals surface area contributed by atoms with Gasteiger partial charge < -0.3 is 14.7 Å². The van der Waals surface area contributed by atoms with Crippen molar-refractivity contribution in [3.05, 3.63) is 31.6 Å². The molecular formula is C12H14FIN2O4. The largest absolute Gasteiger partial charge is 0.394 e. The van der Waals surface area contributed by atoms with Crippen LogP contribution in [0.15, 0.2) is 12.1 Å². The summed E-state index contributed by atoms with van der Waals surface area (Å²) >= 11 is 1.72. The number of nitro groups is 1. The summed E-state index contributed by atoms with van der Waals surface area (Å²) < 4.78 is 19.3. The molecule has 8 heteroatoms. The predicted molar refractivity (Wildman–Crippen MR) is 79.4 cm³/mol. The molecule has 0 saturated carbocycles. The molecule has 1 aromatic carbocycles. The molecule has 20 heavy (non-hydrogen) atoms. The molecule has 0 bridgehead atoms. The van der Waals surface area contributed by atoms with Crippen molar-refractivity contribution in [3.8, 4) is 0 Å². The number of aliphatic hydroxyl groups excluding tert-OH is 1. The summed E-state index contributed by atoms with van der Waals surface area (Å²) in [4.78, 5) is 12.3. The van der Waals surface area contributed by atoms with E-state index < -0.39 is 16.8 Å². The van der Waals surface area contributed by atoms with Crippen molar-refractivity contribution in [2.75, 3.05) is 24.7 Å². The number of hydrogen-bond donors (Lipinski definition) is 1. The van der Waals surface area contributed by atoms with Crippen molar-refractivity contribution in [3.63, 3.8) is 0 Å². The van der Waals surface area contributed by atoms with E-state index in [0.717, 1.165) is 0 Å². The Hall–Kier alpha value is -1.00. The number of anilines is 1. The van der Waals surface area contributed by atoms with Crippen LogP contribution in [0.25, 0.3) is 0 Å². The van der Waals surface area contributed by atoms with Gasteiger partial charge in [-0.2, -0.15) is 0 Å². The summed E-state index contributed by atoms with van der Waals surface area (Å²) in [7, 11) is 0. The van der Waals surface area contributed by atoms with E-state index in [0.29, 0.717) is 13.2 Å². The number of ether oxygens (including phenoxy) is 1. The maximum absolute atomic E-state index is 13.7. The van der Waals surface area contributed by atoms with Crippen molar-refractivity contribution < 1.29 is 19.2 Å². The Labute approximate surface area is 128 Å². The smallest absolute Gasteiger partial charge is 0.293 e. The molecule has 1 aliphatic rings. The number of aliphatic hydroxyl groups is 1. The van der Waals surface area contributed by atoms with Gasteiger partial charge in [-0.3, -0.25) is 10.1 Å². The van der Waals surface area contributed by atoms with Crippen LogP contribution in [0.3, 0.4) is 0 Å². The molecule has 1 N–H and O–H groups in total. The number of nitrogens with zero attached hydrogens (tertiary/aromatic N) is 2. The van der Waals surface area contributed by atoms with Crippen LogP contribution in [-0.2, 0) is 4.74 Å². The number of benzene rings is 1. The number of hydrogen-bond acceptors (Lipinski definition) is 5. The van der Waals surface area contributed by atoms with Crippen molar-refractivity contribution in [2.24, 2.45) is 0 Å². The second-order valence-corrected chi connectivity index (χ2v) is 5.81. The average molecular weight is 396 g/mol. The second-order valence-electron chi connectivity index (χ2n) is 4.65. The first-order valence-corrected chi connectivity index (χ1v) is 7.14. The topological polar surface area (TPSA) is 75.8 Å². The molecule has 1 aromatic rings. The van der Waals surface area contributed by atoms with Gasteiger partial charge >= 0.3 is 0 Å². The van der Waals surface area contributed by atoms with Crippen LogP contribution in [-0.4, -0.2) is 41.9 Å². The quantitative estimate of drug-likeness (QED) is 0.480. The van der Waals surface area contributed by atoms with Crippen LogP contribution >= 0.6 is 22.6 Å². The van der Waals surface area contributed by atoms with Crippen LogP contribution < -0.4 is 4.90 Å². The van der Waals surface area contributed by atoms with Crippen LogP contribution in [0, 0.1) is 19.5 Å². The second kappa shape index (κ2) is 6.19. The van der Waals surface area contributed by atoms with Crippen molar-refractivity contribution in [1.29, 1.82) is 0 Å². The van der Waals surface area contributed by atoms with Crippen LogP contribution in [0.2, 0.25) is 0 Å². The third-order valence-corrected chi connectivity index (χ3v) is 4.06. The van der Waals surface area contributed by atoms with Gasteiger partial charge in [0, 0.05) is 24.7 Å². The lowest BCUT2D eigenvalue weighted by Gasteiger charge is -2.38. The van der Waals surface area contributed by atoms with E-state index in [1.807, 2.05) is 6.92 Å². The Morgan fingerprint density at radius 2 is 2.35 bits per heavy atom. The maximum atomic E-state index is 13.7. The molecule has 0 aromatic heterocycles. The zero-order valence-corrected chi connectivity index (χ0v) is 12.9. The molecule has 6 nitrogen and oxygen atoms in total. The fraction of sp³-hybridized carbons (Fsp3) is 0.500. The van der Waals surface area contributed by atoms with Gasteiger partial charge in [0.1, 0.15) is 11.5 Å². The normalized spacial score (nSPS) is 22.9. The summed E-state index contributed by atoms with van der Waals surface area (Å²) in [5.74, 6) is -0.495. The van der Waals surface area contributed by atoms with E-state index in [1.54, 1.807) is 27.5 Å². The lowest BCUT2D eigenvalue weighted by Crippen LogP contribution is -2.49. The molecule has 1 heterocycles. The molecule has 0 aliphatic carbocycles. The van der Waals surface area contributed by atoms with Gasteiger partial charge in [-0.25, -0.2) is 4.39 Å². The molecule has 0 spiro atoms. The molecule has 2 unspecified atom stereocenters. The fourth-order valence-electron chi connectivity index (χ4n) is 2.17. The molecule has 1 saturated heterocycles. The van der Waals surface area contributed by atoms with E-state index in [2.05, 4.69) is 0 Å². The van der Waals surface area contributed by atoms with Gasteiger partial charge in [-0.15, -0.1) is 0 Å². The Balaban J connectivity index is 2.44. The monoisotopic (exact) mass is 396 g/mol. The minimum absolute atomic E-state index is 0.129. The molecule has 2 rings (SSSR count). The first kappa shape index (κ1) is 15.4. The first-order valence-electron chi connectivity index (χ1n) is 6.06. The SMILES string of the molecule is CC1COC(CO)CN1c1cc(F)c(I)cc1[N+](=O)[O-]. The average Bonchev–Trinajstić information content (AvgIpc) is 2.42. The highest BCUT2D eigenvalue weighted by Crippen LogP contribution is 2.34. The van der Waals surface area contributed by atoms with Gasteiger partial charge in [-0.05, 0) is 29.5 Å². The number of halogens is 2. The molecule has 2 atom stereocenters. The molecule has 0 radical (unpaired) electrons. The maximum Gasteiger partial charge on any atom is 0.293 e. The third kappa shape index (κ3) is 3.01. The number of nitro benzene ring substituents is 1.